The number of aryl methyl sites for hydroxylation is 1. The summed E-state index contributed by atoms with van der Waals surface area (Å²) >= 11 is 0. The van der Waals surface area contributed by atoms with Crippen molar-refractivity contribution < 1.29 is 4.79 Å². The molecule has 1 aromatic carbocycles. The largest absolute Gasteiger partial charge is 0.349 e. The Bertz CT molecular complexity index is 876. The standard InChI is InChI=1S/C18H18N6O/c25-18(14-6-5-12-3-1-2-4-13(12)9-14)21-11-16-22-17(24-23-16)15-10-19-7-8-20-15/h1-4,7-8,10,14H,5-6,9,11H2,(H,21,25)(H,22,23,24)/t14-/m1/s1. The molecule has 0 bridgehead atoms. The van der Waals surface area contributed by atoms with Crippen molar-refractivity contribution in [2.45, 2.75) is 25.8 Å². The van der Waals surface area contributed by atoms with E-state index >= 15 is 0 Å². The topological polar surface area (TPSA) is 96.5 Å². The van der Waals surface area contributed by atoms with Crippen LogP contribution in [0.5, 0.6) is 0 Å². The van der Waals surface area contributed by atoms with Gasteiger partial charge in [0.05, 0.1) is 12.7 Å². The molecule has 25 heavy (non-hydrogen) atoms. The summed E-state index contributed by atoms with van der Waals surface area (Å²) in [5, 5.41) is 9.91. The zero-order valence-electron chi connectivity index (χ0n) is 13.6. The van der Waals surface area contributed by atoms with Gasteiger partial charge in [-0.25, -0.2) is 9.97 Å². The number of hydrogen-bond acceptors (Lipinski definition) is 5. The van der Waals surface area contributed by atoms with Crippen LogP contribution in [0.25, 0.3) is 11.5 Å². The van der Waals surface area contributed by atoms with E-state index in [4.69, 9.17) is 0 Å². The number of nitrogens with one attached hydrogen (secondary N) is 2. The monoisotopic (exact) mass is 334 g/mol. The molecule has 4 rings (SSSR count). The van der Waals surface area contributed by atoms with Gasteiger partial charge in [0.15, 0.2) is 0 Å². The number of aromatic amines is 1. The lowest BCUT2D eigenvalue weighted by molar-refractivity contribution is -0.125. The van der Waals surface area contributed by atoms with Crippen LogP contribution in [-0.4, -0.2) is 31.1 Å². The first-order chi connectivity index (χ1) is 12.3. The fourth-order valence-corrected chi connectivity index (χ4v) is 3.14. The van der Waals surface area contributed by atoms with E-state index in [1.54, 1.807) is 18.6 Å². The number of nitrogens with zero attached hydrogens (tertiary/aromatic N) is 4. The minimum absolute atomic E-state index is 0.0114. The van der Waals surface area contributed by atoms with Gasteiger partial charge in [-0.3, -0.25) is 14.9 Å². The average Bonchev–Trinajstić information content (AvgIpc) is 3.15. The van der Waals surface area contributed by atoms with E-state index in [9.17, 15) is 4.79 Å². The lowest BCUT2D eigenvalue weighted by atomic mass is 9.83. The Morgan fingerprint density at radius 2 is 2.12 bits per heavy atom. The molecule has 0 radical (unpaired) electrons. The first-order valence-corrected chi connectivity index (χ1v) is 8.32. The van der Waals surface area contributed by atoms with Crippen LogP contribution in [0.3, 0.4) is 0 Å². The number of fused-ring (bicyclic) bond motifs is 1. The highest BCUT2D eigenvalue weighted by Gasteiger charge is 2.24. The van der Waals surface area contributed by atoms with Gasteiger partial charge in [0.25, 0.3) is 0 Å². The smallest absolute Gasteiger partial charge is 0.223 e. The fraction of sp³-hybridized carbons (Fsp3) is 0.278. The van der Waals surface area contributed by atoms with Crippen LogP contribution >= 0.6 is 0 Å². The first-order valence-electron chi connectivity index (χ1n) is 8.32. The van der Waals surface area contributed by atoms with E-state index in [2.05, 4.69) is 48.7 Å². The molecule has 0 saturated heterocycles. The van der Waals surface area contributed by atoms with E-state index in [0.717, 1.165) is 19.3 Å². The number of hydrogen-bond donors (Lipinski definition) is 2. The molecule has 0 saturated carbocycles. The second kappa shape index (κ2) is 6.80. The molecular weight excluding hydrogens is 316 g/mol. The third-order valence-corrected chi connectivity index (χ3v) is 4.47. The molecule has 2 heterocycles. The van der Waals surface area contributed by atoms with Crippen molar-refractivity contribution in [1.82, 2.24) is 30.5 Å². The maximum atomic E-state index is 12.5. The van der Waals surface area contributed by atoms with Crippen molar-refractivity contribution in [3.63, 3.8) is 0 Å². The highest BCUT2D eigenvalue weighted by Crippen LogP contribution is 2.25. The maximum Gasteiger partial charge on any atom is 0.223 e. The van der Waals surface area contributed by atoms with E-state index in [-0.39, 0.29) is 11.8 Å². The van der Waals surface area contributed by atoms with Gasteiger partial charge in [-0.1, -0.05) is 24.3 Å². The summed E-state index contributed by atoms with van der Waals surface area (Å²) in [4.78, 5) is 25.0. The SMILES string of the molecule is O=C(NCc1nc(-c2cnccn2)n[nH]1)[C@@H]1CCc2ccccc2C1. The molecule has 0 unspecified atom stereocenters. The minimum Gasteiger partial charge on any atom is -0.349 e. The zero-order valence-corrected chi connectivity index (χ0v) is 13.6. The van der Waals surface area contributed by atoms with Gasteiger partial charge in [0.2, 0.25) is 11.7 Å². The first kappa shape index (κ1) is 15.4. The number of amides is 1. The summed E-state index contributed by atoms with van der Waals surface area (Å²) in [6, 6.07) is 8.34. The van der Waals surface area contributed by atoms with Gasteiger partial charge in [-0.2, -0.15) is 5.10 Å². The third-order valence-electron chi connectivity index (χ3n) is 4.47. The van der Waals surface area contributed by atoms with Crippen LogP contribution in [-0.2, 0) is 24.2 Å². The number of rotatable bonds is 4. The summed E-state index contributed by atoms with van der Waals surface area (Å²) in [6.07, 6.45) is 7.42. The second-order valence-electron chi connectivity index (χ2n) is 6.12. The molecule has 7 heteroatoms. The van der Waals surface area contributed by atoms with Crippen molar-refractivity contribution in [3.05, 3.63) is 59.8 Å². The van der Waals surface area contributed by atoms with Crippen LogP contribution in [0.15, 0.2) is 42.9 Å². The Labute approximate surface area is 144 Å². The summed E-state index contributed by atoms with van der Waals surface area (Å²) in [5.41, 5.74) is 3.23. The molecule has 1 aliphatic carbocycles. The Hall–Kier alpha value is -3.09. The lowest BCUT2D eigenvalue weighted by Gasteiger charge is -2.23. The predicted molar refractivity (Wildman–Crippen MR) is 91.2 cm³/mol. The number of H-pyrrole nitrogens is 1. The number of carbonyl (C=O) groups excluding carboxylic acids is 1. The van der Waals surface area contributed by atoms with Gasteiger partial charge in [-0.15, -0.1) is 0 Å². The van der Waals surface area contributed by atoms with Crippen molar-refractivity contribution in [2.75, 3.05) is 0 Å². The van der Waals surface area contributed by atoms with Crippen molar-refractivity contribution >= 4 is 5.91 Å². The molecule has 1 atom stereocenters. The van der Waals surface area contributed by atoms with Crippen LogP contribution in [0.1, 0.15) is 23.4 Å². The molecule has 2 N–H and O–H groups in total. The molecule has 3 aromatic rings. The van der Waals surface area contributed by atoms with Crippen molar-refractivity contribution in [2.24, 2.45) is 5.92 Å². The summed E-state index contributed by atoms with van der Waals surface area (Å²) in [7, 11) is 0. The van der Waals surface area contributed by atoms with Crippen molar-refractivity contribution in [3.8, 4) is 11.5 Å². The predicted octanol–water partition coefficient (Wildman–Crippen LogP) is 1.68. The second-order valence-corrected chi connectivity index (χ2v) is 6.12. The average molecular weight is 334 g/mol. The van der Waals surface area contributed by atoms with Crippen LogP contribution in [0.2, 0.25) is 0 Å². The van der Waals surface area contributed by atoms with Gasteiger partial charge in [-0.05, 0) is 30.4 Å². The maximum absolute atomic E-state index is 12.5. The molecule has 1 amide bonds. The fourth-order valence-electron chi connectivity index (χ4n) is 3.14. The minimum atomic E-state index is 0.0114. The lowest BCUT2D eigenvalue weighted by Crippen LogP contribution is -2.34. The van der Waals surface area contributed by atoms with Crippen LogP contribution in [0.4, 0.5) is 0 Å². The van der Waals surface area contributed by atoms with E-state index in [1.165, 1.54) is 11.1 Å². The van der Waals surface area contributed by atoms with Gasteiger partial charge >= 0.3 is 0 Å². The summed E-state index contributed by atoms with van der Waals surface area (Å²) in [6.45, 7) is 0.324. The van der Waals surface area contributed by atoms with Gasteiger partial charge < -0.3 is 5.32 Å². The normalized spacial score (nSPS) is 16.2. The summed E-state index contributed by atoms with van der Waals surface area (Å²) in [5.74, 6) is 1.15. The van der Waals surface area contributed by atoms with Crippen LogP contribution in [0, 0.1) is 5.92 Å². The Balaban J connectivity index is 1.36. The molecule has 126 valence electrons. The molecule has 0 fully saturated rings. The van der Waals surface area contributed by atoms with Crippen LogP contribution < -0.4 is 5.32 Å². The third kappa shape index (κ3) is 3.40. The summed E-state index contributed by atoms with van der Waals surface area (Å²) < 4.78 is 0. The van der Waals surface area contributed by atoms with Gasteiger partial charge in [0.1, 0.15) is 11.5 Å². The molecule has 0 spiro atoms. The highest BCUT2D eigenvalue weighted by molar-refractivity contribution is 5.79. The zero-order chi connectivity index (χ0) is 17.1. The Kier molecular flexibility index (Phi) is 4.20. The quantitative estimate of drug-likeness (QED) is 0.757. The number of benzene rings is 1. The highest BCUT2D eigenvalue weighted by atomic mass is 16.1. The molecule has 2 aromatic heterocycles. The Morgan fingerprint density at radius 1 is 1.24 bits per heavy atom. The number of carbonyl (C=O) groups is 1. The molecular formula is C18H18N6O. The Morgan fingerprint density at radius 3 is 2.96 bits per heavy atom. The van der Waals surface area contributed by atoms with E-state index in [1.807, 2.05) is 6.07 Å². The molecule has 7 nitrogen and oxygen atoms in total. The molecule has 1 aliphatic rings. The number of aromatic nitrogens is 5. The van der Waals surface area contributed by atoms with E-state index < -0.39 is 0 Å². The van der Waals surface area contributed by atoms with Crippen molar-refractivity contribution in [1.29, 1.82) is 0 Å². The van der Waals surface area contributed by atoms with Gasteiger partial charge in [0, 0.05) is 18.3 Å². The molecule has 0 aliphatic heterocycles. The van der Waals surface area contributed by atoms with E-state index in [0.29, 0.717) is 23.9 Å².